The van der Waals surface area contributed by atoms with Gasteiger partial charge in [0, 0.05) is 29.4 Å². The van der Waals surface area contributed by atoms with Crippen molar-refractivity contribution in [2.75, 3.05) is 6.54 Å². The van der Waals surface area contributed by atoms with Gasteiger partial charge in [-0.15, -0.1) is 11.3 Å². The molecule has 0 aliphatic carbocycles. The second-order valence-corrected chi connectivity index (χ2v) is 4.87. The lowest BCUT2D eigenvalue weighted by atomic mass is 10.1. The van der Waals surface area contributed by atoms with Gasteiger partial charge in [-0.2, -0.15) is 0 Å². The van der Waals surface area contributed by atoms with Gasteiger partial charge in [0.2, 0.25) is 0 Å². The van der Waals surface area contributed by atoms with Crippen molar-refractivity contribution in [3.8, 4) is 11.1 Å². The van der Waals surface area contributed by atoms with Crippen molar-refractivity contribution in [2.24, 2.45) is 0 Å². The summed E-state index contributed by atoms with van der Waals surface area (Å²) in [5, 5.41) is 5.44. The van der Waals surface area contributed by atoms with Gasteiger partial charge < -0.3 is 5.32 Å². The number of hydrogen-bond acceptors (Lipinski definition) is 3. The van der Waals surface area contributed by atoms with Crippen molar-refractivity contribution in [1.82, 2.24) is 10.3 Å². The molecule has 0 amide bonds. The lowest BCUT2D eigenvalue weighted by Crippen LogP contribution is -2.11. The maximum atomic E-state index is 4.30. The standard InChI is InChI=1S/C13H16N2S/c1-3-14-7-11-6-12(9-15-8-11)13-4-5-16-10(13)2/h4-6,8-9,14H,3,7H2,1-2H3. The Bertz CT molecular complexity index is 462. The van der Waals surface area contributed by atoms with E-state index >= 15 is 0 Å². The van der Waals surface area contributed by atoms with Crippen LogP contribution in [0.4, 0.5) is 0 Å². The van der Waals surface area contributed by atoms with Gasteiger partial charge in [0.25, 0.3) is 0 Å². The molecule has 2 nitrogen and oxygen atoms in total. The van der Waals surface area contributed by atoms with Gasteiger partial charge in [-0.1, -0.05) is 6.92 Å². The van der Waals surface area contributed by atoms with Crippen LogP contribution < -0.4 is 5.32 Å². The van der Waals surface area contributed by atoms with E-state index < -0.39 is 0 Å². The highest BCUT2D eigenvalue weighted by Crippen LogP contribution is 2.27. The summed E-state index contributed by atoms with van der Waals surface area (Å²) in [5.74, 6) is 0. The minimum Gasteiger partial charge on any atom is -0.313 e. The Kier molecular flexibility index (Phi) is 3.70. The molecule has 0 bridgehead atoms. The van der Waals surface area contributed by atoms with Gasteiger partial charge in [0.1, 0.15) is 0 Å². The van der Waals surface area contributed by atoms with Gasteiger partial charge in [-0.05, 0) is 42.1 Å². The summed E-state index contributed by atoms with van der Waals surface area (Å²) in [6, 6.07) is 4.37. The third kappa shape index (κ3) is 2.49. The number of nitrogens with zero attached hydrogens (tertiary/aromatic N) is 1. The molecule has 16 heavy (non-hydrogen) atoms. The van der Waals surface area contributed by atoms with E-state index in [9.17, 15) is 0 Å². The lowest BCUT2D eigenvalue weighted by Gasteiger charge is -2.04. The number of aryl methyl sites for hydroxylation is 1. The van der Waals surface area contributed by atoms with E-state index in [0.29, 0.717) is 0 Å². The van der Waals surface area contributed by atoms with Crippen molar-refractivity contribution in [2.45, 2.75) is 20.4 Å². The summed E-state index contributed by atoms with van der Waals surface area (Å²) < 4.78 is 0. The summed E-state index contributed by atoms with van der Waals surface area (Å²) in [4.78, 5) is 5.65. The smallest absolute Gasteiger partial charge is 0.0346 e. The molecule has 0 saturated heterocycles. The molecule has 2 aromatic heterocycles. The molecule has 2 rings (SSSR count). The Morgan fingerprint density at radius 3 is 2.94 bits per heavy atom. The van der Waals surface area contributed by atoms with E-state index in [4.69, 9.17) is 0 Å². The molecule has 0 radical (unpaired) electrons. The normalized spacial score (nSPS) is 10.6. The van der Waals surface area contributed by atoms with Crippen molar-refractivity contribution in [3.63, 3.8) is 0 Å². The highest BCUT2D eigenvalue weighted by Gasteiger charge is 2.04. The fraction of sp³-hybridized carbons (Fsp3) is 0.308. The average molecular weight is 232 g/mol. The van der Waals surface area contributed by atoms with Crippen LogP contribution in [0.25, 0.3) is 11.1 Å². The highest BCUT2D eigenvalue weighted by atomic mass is 32.1. The molecule has 2 aromatic rings. The summed E-state index contributed by atoms with van der Waals surface area (Å²) in [6.45, 7) is 6.14. The van der Waals surface area contributed by atoms with Crippen LogP contribution in [0.5, 0.6) is 0 Å². The minimum atomic E-state index is 0.889. The van der Waals surface area contributed by atoms with E-state index in [1.807, 2.05) is 12.4 Å². The second-order valence-electron chi connectivity index (χ2n) is 3.75. The first-order valence-electron chi connectivity index (χ1n) is 5.50. The third-order valence-electron chi connectivity index (χ3n) is 2.54. The average Bonchev–Trinajstić information content (AvgIpc) is 2.73. The van der Waals surface area contributed by atoms with E-state index in [1.54, 1.807) is 11.3 Å². The quantitative estimate of drug-likeness (QED) is 0.875. The maximum Gasteiger partial charge on any atom is 0.0346 e. The molecule has 0 fully saturated rings. The first-order valence-corrected chi connectivity index (χ1v) is 6.38. The van der Waals surface area contributed by atoms with E-state index in [2.05, 4.69) is 41.7 Å². The highest BCUT2D eigenvalue weighted by molar-refractivity contribution is 7.10. The van der Waals surface area contributed by atoms with Gasteiger partial charge in [0.05, 0.1) is 0 Å². The fourth-order valence-corrected chi connectivity index (χ4v) is 2.41. The number of rotatable bonds is 4. The number of pyridine rings is 1. The first-order chi connectivity index (χ1) is 7.81. The molecular formula is C13H16N2S. The molecule has 0 spiro atoms. The Hall–Kier alpha value is -1.19. The van der Waals surface area contributed by atoms with Crippen molar-refractivity contribution in [3.05, 3.63) is 40.3 Å². The molecule has 0 saturated carbocycles. The number of thiophene rings is 1. The SMILES string of the molecule is CCNCc1cncc(-c2ccsc2C)c1. The molecular weight excluding hydrogens is 216 g/mol. The molecule has 0 aliphatic rings. The topological polar surface area (TPSA) is 24.9 Å². The van der Waals surface area contributed by atoms with Crippen LogP contribution in [0, 0.1) is 6.92 Å². The summed E-state index contributed by atoms with van der Waals surface area (Å²) >= 11 is 1.78. The number of nitrogens with one attached hydrogen (secondary N) is 1. The van der Waals surface area contributed by atoms with E-state index in [0.717, 1.165) is 13.1 Å². The Morgan fingerprint density at radius 2 is 2.25 bits per heavy atom. The van der Waals surface area contributed by atoms with Gasteiger partial charge in [0.15, 0.2) is 0 Å². The van der Waals surface area contributed by atoms with Crippen LogP contribution in [0.1, 0.15) is 17.4 Å². The van der Waals surface area contributed by atoms with Crippen LogP contribution in [0.2, 0.25) is 0 Å². The van der Waals surface area contributed by atoms with Crippen LogP contribution >= 0.6 is 11.3 Å². The van der Waals surface area contributed by atoms with Gasteiger partial charge >= 0.3 is 0 Å². The second kappa shape index (κ2) is 5.23. The largest absolute Gasteiger partial charge is 0.313 e. The fourth-order valence-electron chi connectivity index (χ4n) is 1.69. The van der Waals surface area contributed by atoms with Crippen LogP contribution in [0.15, 0.2) is 29.9 Å². The Labute approximate surface area is 100 Å². The van der Waals surface area contributed by atoms with Crippen LogP contribution in [-0.4, -0.2) is 11.5 Å². The van der Waals surface area contributed by atoms with Crippen molar-refractivity contribution < 1.29 is 0 Å². The van der Waals surface area contributed by atoms with Crippen LogP contribution in [-0.2, 0) is 6.54 Å². The summed E-state index contributed by atoms with van der Waals surface area (Å²) in [5.41, 5.74) is 3.76. The van der Waals surface area contributed by atoms with Gasteiger partial charge in [-0.3, -0.25) is 4.98 Å². The summed E-state index contributed by atoms with van der Waals surface area (Å²) in [6.07, 6.45) is 3.86. The number of aromatic nitrogens is 1. The molecule has 2 heterocycles. The molecule has 3 heteroatoms. The van der Waals surface area contributed by atoms with E-state index in [1.165, 1.54) is 21.6 Å². The molecule has 0 aromatic carbocycles. The van der Waals surface area contributed by atoms with E-state index in [-0.39, 0.29) is 0 Å². The summed E-state index contributed by atoms with van der Waals surface area (Å²) in [7, 11) is 0. The molecule has 84 valence electrons. The Balaban J connectivity index is 2.26. The zero-order valence-electron chi connectivity index (χ0n) is 9.66. The Morgan fingerprint density at radius 1 is 1.38 bits per heavy atom. The zero-order valence-corrected chi connectivity index (χ0v) is 10.5. The monoisotopic (exact) mass is 232 g/mol. The zero-order chi connectivity index (χ0) is 11.4. The van der Waals surface area contributed by atoms with Crippen molar-refractivity contribution >= 4 is 11.3 Å². The molecule has 1 N–H and O–H groups in total. The molecule has 0 unspecified atom stereocenters. The first kappa shape index (κ1) is 11.3. The molecule has 0 aliphatic heterocycles. The number of hydrogen-bond donors (Lipinski definition) is 1. The predicted molar refractivity (Wildman–Crippen MR) is 69.7 cm³/mol. The van der Waals surface area contributed by atoms with Crippen LogP contribution in [0.3, 0.4) is 0 Å². The molecule has 0 atom stereocenters. The van der Waals surface area contributed by atoms with Crippen molar-refractivity contribution in [1.29, 1.82) is 0 Å². The minimum absolute atomic E-state index is 0.889. The predicted octanol–water partition coefficient (Wildman–Crippen LogP) is 3.23. The van der Waals surface area contributed by atoms with Gasteiger partial charge in [-0.25, -0.2) is 0 Å². The lowest BCUT2D eigenvalue weighted by molar-refractivity contribution is 0.724. The maximum absolute atomic E-state index is 4.30. The third-order valence-corrected chi connectivity index (χ3v) is 3.39.